The van der Waals surface area contributed by atoms with Crippen LogP contribution in [0.5, 0.6) is 11.5 Å². The van der Waals surface area contributed by atoms with Crippen molar-refractivity contribution in [1.29, 1.82) is 0 Å². The van der Waals surface area contributed by atoms with Crippen molar-refractivity contribution >= 4 is 0 Å². The van der Waals surface area contributed by atoms with Crippen LogP contribution in [0, 0.1) is 0 Å². The third kappa shape index (κ3) is 5.06. The van der Waals surface area contributed by atoms with E-state index in [1.807, 2.05) is 31.2 Å². The van der Waals surface area contributed by atoms with Gasteiger partial charge in [-0.1, -0.05) is 12.1 Å². The van der Waals surface area contributed by atoms with Gasteiger partial charge in [0, 0.05) is 13.0 Å². The van der Waals surface area contributed by atoms with Crippen LogP contribution in [0.1, 0.15) is 13.3 Å². The lowest BCUT2D eigenvalue weighted by atomic mass is 10.3. The van der Waals surface area contributed by atoms with Gasteiger partial charge in [-0.3, -0.25) is 0 Å². The molecule has 1 aromatic rings. The summed E-state index contributed by atoms with van der Waals surface area (Å²) >= 11 is 0. The minimum absolute atomic E-state index is 0.112. The van der Waals surface area contributed by atoms with Gasteiger partial charge in [0.2, 0.25) is 0 Å². The molecule has 1 aromatic carbocycles. The van der Waals surface area contributed by atoms with Crippen LogP contribution in [0.3, 0.4) is 0 Å². The summed E-state index contributed by atoms with van der Waals surface area (Å²) in [7, 11) is 1.63. The Hall–Kier alpha value is -1.26. The second-order valence-electron chi connectivity index (χ2n) is 3.77. The van der Waals surface area contributed by atoms with E-state index in [2.05, 4.69) is 0 Å². The molecule has 0 aliphatic carbocycles. The topological polar surface area (TPSA) is 53.7 Å². The summed E-state index contributed by atoms with van der Waals surface area (Å²) in [5, 5.41) is 0. The smallest absolute Gasteiger partial charge is 0.161 e. The van der Waals surface area contributed by atoms with Gasteiger partial charge in [0.1, 0.15) is 0 Å². The van der Waals surface area contributed by atoms with Gasteiger partial charge in [-0.05, 0) is 19.1 Å². The predicted octanol–water partition coefficient (Wildman–Crippen LogP) is 1.83. The highest BCUT2D eigenvalue weighted by atomic mass is 16.5. The zero-order chi connectivity index (χ0) is 12.5. The van der Waals surface area contributed by atoms with Crippen molar-refractivity contribution in [3.8, 4) is 11.5 Å². The fraction of sp³-hybridized carbons (Fsp3) is 0.538. The summed E-state index contributed by atoms with van der Waals surface area (Å²) in [6.07, 6.45) is 0.948. The largest absolute Gasteiger partial charge is 0.493 e. The summed E-state index contributed by atoms with van der Waals surface area (Å²) in [5.74, 6) is 1.52. The molecule has 0 aromatic heterocycles. The predicted molar refractivity (Wildman–Crippen MR) is 67.6 cm³/mol. The highest BCUT2D eigenvalue weighted by Gasteiger charge is 2.02. The van der Waals surface area contributed by atoms with Gasteiger partial charge in [-0.2, -0.15) is 0 Å². The monoisotopic (exact) mass is 239 g/mol. The molecule has 0 spiro atoms. The van der Waals surface area contributed by atoms with E-state index in [4.69, 9.17) is 19.9 Å². The van der Waals surface area contributed by atoms with Gasteiger partial charge in [-0.25, -0.2) is 0 Å². The third-order valence-electron chi connectivity index (χ3n) is 2.35. The van der Waals surface area contributed by atoms with Gasteiger partial charge < -0.3 is 19.9 Å². The van der Waals surface area contributed by atoms with Crippen molar-refractivity contribution in [2.75, 3.05) is 26.9 Å². The molecule has 0 saturated carbocycles. The molecule has 2 N–H and O–H groups in total. The number of methoxy groups -OCH3 is 1. The molecule has 1 unspecified atom stereocenters. The number of ether oxygens (including phenoxy) is 3. The highest BCUT2D eigenvalue weighted by Crippen LogP contribution is 2.25. The Balaban J connectivity index is 2.22. The first-order valence-electron chi connectivity index (χ1n) is 5.85. The van der Waals surface area contributed by atoms with E-state index >= 15 is 0 Å². The van der Waals surface area contributed by atoms with E-state index in [0.717, 1.165) is 17.9 Å². The van der Waals surface area contributed by atoms with Crippen molar-refractivity contribution < 1.29 is 14.2 Å². The Morgan fingerprint density at radius 2 is 1.88 bits per heavy atom. The van der Waals surface area contributed by atoms with Crippen LogP contribution in [-0.4, -0.2) is 33.0 Å². The molecular weight excluding hydrogens is 218 g/mol. The van der Waals surface area contributed by atoms with Crippen LogP contribution >= 0.6 is 0 Å². The maximum absolute atomic E-state index is 5.61. The van der Waals surface area contributed by atoms with Crippen LogP contribution in [0.4, 0.5) is 0 Å². The first-order chi connectivity index (χ1) is 8.27. The van der Waals surface area contributed by atoms with Crippen molar-refractivity contribution in [2.45, 2.75) is 19.4 Å². The van der Waals surface area contributed by atoms with E-state index in [1.165, 1.54) is 0 Å². The molecule has 0 amide bonds. The number of para-hydroxylation sites is 2. The minimum atomic E-state index is 0.112. The first kappa shape index (κ1) is 13.8. The zero-order valence-electron chi connectivity index (χ0n) is 10.5. The van der Waals surface area contributed by atoms with Gasteiger partial charge in [-0.15, -0.1) is 0 Å². The maximum Gasteiger partial charge on any atom is 0.161 e. The third-order valence-corrected chi connectivity index (χ3v) is 2.35. The number of benzene rings is 1. The molecule has 0 heterocycles. The maximum atomic E-state index is 5.61. The SMILES string of the molecule is COc1ccccc1OCCCOC(C)CN. The van der Waals surface area contributed by atoms with Crippen LogP contribution in [-0.2, 0) is 4.74 Å². The molecule has 4 heteroatoms. The zero-order valence-corrected chi connectivity index (χ0v) is 10.5. The lowest BCUT2D eigenvalue weighted by Gasteiger charge is -2.12. The van der Waals surface area contributed by atoms with E-state index < -0.39 is 0 Å². The second kappa shape index (κ2) is 7.92. The average Bonchev–Trinajstić information content (AvgIpc) is 2.38. The molecule has 1 rings (SSSR count). The summed E-state index contributed by atoms with van der Waals surface area (Å²) in [4.78, 5) is 0. The van der Waals surface area contributed by atoms with E-state index in [9.17, 15) is 0 Å². The standard InChI is InChI=1S/C13H21NO3/c1-11(10-14)16-8-5-9-17-13-7-4-3-6-12(13)15-2/h3-4,6-7,11H,5,8-10,14H2,1-2H3. The molecule has 0 bridgehead atoms. The summed E-state index contributed by atoms with van der Waals surface area (Å²) in [6.45, 7) is 3.78. The quantitative estimate of drug-likeness (QED) is 0.703. The fourth-order valence-corrected chi connectivity index (χ4v) is 1.33. The Bertz CT molecular complexity index is 317. The fourth-order valence-electron chi connectivity index (χ4n) is 1.33. The van der Waals surface area contributed by atoms with Crippen molar-refractivity contribution in [1.82, 2.24) is 0 Å². The highest BCUT2D eigenvalue weighted by molar-refractivity contribution is 5.39. The van der Waals surface area contributed by atoms with Gasteiger partial charge in [0.15, 0.2) is 11.5 Å². The van der Waals surface area contributed by atoms with Gasteiger partial charge in [0.05, 0.1) is 26.4 Å². The summed E-state index contributed by atoms with van der Waals surface area (Å²) in [5.41, 5.74) is 5.44. The van der Waals surface area contributed by atoms with Gasteiger partial charge in [0.25, 0.3) is 0 Å². The van der Waals surface area contributed by atoms with Crippen molar-refractivity contribution in [2.24, 2.45) is 5.73 Å². The van der Waals surface area contributed by atoms with E-state index in [-0.39, 0.29) is 6.10 Å². The van der Waals surface area contributed by atoms with Crippen molar-refractivity contribution in [3.05, 3.63) is 24.3 Å². The van der Waals surface area contributed by atoms with Crippen LogP contribution in [0.15, 0.2) is 24.3 Å². The Labute approximate surface area is 103 Å². The number of hydrogen-bond donors (Lipinski definition) is 1. The molecule has 17 heavy (non-hydrogen) atoms. The second-order valence-corrected chi connectivity index (χ2v) is 3.77. The molecule has 0 radical (unpaired) electrons. The summed E-state index contributed by atoms with van der Waals surface area (Å²) < 4.78 is 16.2. The molecule has 96 valence electrons. The average molecular weight is 239 g/mol. The molecule has 0 fully saturated rings. The van der Waals surface area contributed by atoms with Crippen LogP contribution < -0.4 is 15.2 Å². The van der Waals surface area contributed by atoms with Crippen LogP contribution in [0.25, 0.3) is 0 Å². The van der Waals surface area contributed by atoms with E-state index in [1.54, 1.807) is 7.11 Å². The first-order valence-corrected chi connectivity index (χ1v) is 5.85. The van der Waals surface area contributed by atoms with Crippen LogP contribution in [0.2, 0.25) is 0 Å². The molecule has 0 saturated heterocycles. The molecule has 4 nitrogen and oxygen atoms in total. The molecule has 0 aliphatic heterocycles. The number of hydrogen-bond acceptors (Lipinski definition) is 4. The molecular formula is C13H21NO3. The number of nitrogens with two attached hydrogens (primary N) is 1. The number of rotatable bonds is 8. The van der Waals surface area contributed by atoms with E-state index in [0.29, 0.717) is 19.8 Å². The Morgan fingerprint density at radius 1 is 1.18 bits per heavy atom. The Morgan fingerprint density at radius 3 is 2.53 bits per heavy atom. The normalized spacial score (nSPS) is 12.2. The molecule has 0 aliphatic rings. The lowest BCUT2D eigenvalue weighted by Crippen LogP contribution is -2.21. The lowest BCUT2D eigenvalue weighted by molar-refractivity contribution is 0.0629. The molecule has 1 atom stereocenters. The minimum Gasteiger partial charge on any atom is -0.493 e. The Kier molecular flexibility index (Phi) is 6.43. The summed E-state index contributed by atoms with van der Waals surface area (Å²) in [6, 6.07) is 7.60. The van der Waals surface area contributed by atoms with Gasteiger partial charge >= 0.3 is 0 Å². The van der Waals surface area contributed by atoms with Crippen molar-refractivity contribution in [3.63, 3.8) is 0 Å².